The molecule has 36 heavy (non-hydrogen) atoms. The molecule has 0 saturated carbocycles. The number of hydrogen-bond acceptors (Lipinski definition) is 10. The monoisotopic (exact) mass is 561 g/mol. The van der Waals surface area contributed by atoms with Crippen LogP contribution in [0.15, 0.2) is 56.1 Å². The Morgan fingerprint density at radius 2 is 1.78 bits per heavy atom. The third-order valence-electron chi connectivity index (χ3n) is 5.74. The molecule has 1 aliphatic heterocycles. The topological polar surface area (TPSA) is 125 Å². The summed E-state index contributed by atoms with van der Waals surface area (Å²) in [4.78, 5) is 37.9. The number of nitrogens with zero attached hydrogens (tertiary/aromatic N) is 1. The summed E-state index contributed by atoms with van der Waals surface area (Å²) >= 11 is 3.35. The van der Waals surface area contributed by atoms with E-state index in [9.17, 15) is 19.5 Å². The fourth-order valence-corrected chi connectivity index (χ4v) is 4.46. The molecule has 0 aliphatic carbocycles. The molecule has 1 saturated heterocycles. The summed E-state index contributed by atoms with van der Waals surface area (Å²) in [7, 11) is 2.45. The fraction of sp³-hybridized carbons (Fsp3) is 0.320. The van der Waals surface area contributed by atoms with E-state index < -0.39 is 30.0 Å². The minimum absolute atomic E-state index is 0.102. The Bertz CT molecular complexity index is 1310. The van der Waals surface area contributed by atoms with Crippen molar-refractivity contribution in [3.05, 3.63) is 74.0 Å². The lowest BCUT2D eigenvalue weighted by atomic mass is 10.0. The highest BCUT2D eigenvalue weighted by molar-refractivity contribution is 9.10. The highest BCUT2D eigenvalue weighted by Gasteiger charge is 2.31. The van der Waals surface area contributed by atoms with Crippen molar-refractivity contribution in [1.29, 1.82) is 0 Å². The molecule has 1 N–H and O–H groups in total. The van der Waals surface area contributed by atoms with E-state index in [1.807, 2.05) is 30.3 Å². The number of esters is 2. The van der Waals surface area contributed by atoms with Crippen molar-refractivity contribution in [2.45, 2.75) is 18.9 Å². The van der Waals surface area contributed by atoms with Crippen molar-refractivity contribution in [2.75, 3.05) is 33.9 Å². The Hall–Kier alpha value is -3.25. The lowest BCUT2D eigenvalue weighted by molar-refractivity contribution is -0.145. The molecule has 3 aromatic rings. The van der Waals surface area contributed by atoms with E-state index in [-0.39, 0.29) is 43.1 Å². The number of fused-ring (bicyclic) bond motifs is 1. The smallest absolute Gasteiger partial charge is 0.336 e. The summed E-state index contributed by atoms with van der Waals surface area (Å²) in [5.41, 5.74) is 1.01. The van der Waals surface area contributed by atoms with Gasteiger partial charge in [-0.15, -0.1) is 0 Å². The predicted octanol–water partition coefficient (Wildman–Crippen LogP) is 3.20. The average Bonchev–Trinajstić information content (AvgIpc) is 3.37. The van der Waals surface area contributed by atoms with Crippen LogP contribution in [0, 0.1) is 0 Å². The number of phenols is 1. The van der Waals surface area contributed by atoms with Gasteiger partial charge in [0.05, 0.1) is 44.0 Å². The van der Waals surface area contributed by atoms with Gasteiger partial charge in [0.2, 0.25) is 0 Å². The SMILES string of the molecule is COC(=O)CN(CC(=O)OC)Cc1c(O)c(Br)cc2c(C3COC(c4ccccc4)O3)cc(=O)oc12. The summed E-state index contributed by atoms with van der Waals surface area (Å²) in [5, 5.41) is 11.3. The summed E-state index contributed by atoms with van der Waals surface area (Å²) in [6.45, 7) is -0.446. The Morgan fingerprint density at radius 3 is 2.42 bits per heavy atom. The zero-order valence-electron chi connectivity index (χ0n) is 19.6. The van der Waals surface area contributed by atoms with Crippen molar-refractivity contribution in [1.82, 2.24) is 4.90 Å². The normalized spacial score (nSPS) is 17.4. The maximum atomic E-state index is 12.6. The zero-order chi connectivity index (χ0) is 25.8. The lowest BCUT2D eigenvalue weighted by Gasteiger charge is -2.22. The molecule has 0 amide bonds. The van der Waals surface area contributed by atoms with Gasteiger partial charge in [-0.25, -0.2) is 4.79 Å². The predicted molar refractivity (Wildman–Crippen MR) is 130 cm³/mol. The van der Waals surface area contributed by atoms with Crippen LogP contribution in [0.25, 0.3) is 11.0 Å². The molecule has 11 heteroatoms. The van der Waals surface area contributed by atoms with Gasteiger partial charge in [0, 0.05) is 29.1 Å². The largest absolute Gasteiger partial charge is 0.506 e. The molecule has 2 heterocycles. The van der Waals surface area contributed by atoms with Crippen LogP contribution in [0.3, 0.4) is 0 Å². The van der Waals surface area contributed by atoms with E-state index in [1.54, 1.807) is 6.07 Å². The van der Waals surface area contributed by atoms with E-state index in [0.717, 1.165) is 5.56 Å². The van der Waals surface area contributed by atoms with E-state index in [0.29, 0.717) is 15.4 Å². The quantitative estimate of drug-likeness (QED) is 0.323. The van der Waals surface area contributed by atoms with Crippen molar-refractivity contribution >= 4 is 38.8 Å². The van der Waals surface area contributed by atoms with Crippen LogP contribution in [0.2, 0.25) is 0 Å². The van der Waals surface area contributed by atoms with Gasteiger partial charge in [0.15, 0.2) is 6.29 Å². The zero-order valence-corrected chi connectivity index (χ0v) is 21.1. The van der Waals surface area contributed by atoms with E-state index in [2.05, 4.69) is 15.9 Å². The Balaban J connectivity index is 1.74. The van der Waals surface area contributed by atoms with Crippen LogP contribution < -0.4 is 5.63 Å². The van der Waals surface area contributed by atoms with Crippen LogP contribution in [0.5, 0.6) is 5.75 Å². The second-order valence-electron chi connectivity index (χ2n) is 8.08. The van der Waals surface area contributed by atoms with Gasteiger partial charge >= 0.3 is 17.6 Å². The Kier molecular flexibility index (Phi) is 8.04. The number of methoxy groups -OCH3 is 2. The van der Waals surface area contributed by atoms with Gasteiger partial charge < -0.3 is 28.5 Å². The number of phenolic OH excluding ortho intramolecular Hbond substituents is 1. The number of halogens is 1. The van der Waals surface area contributed by atoms with Crippen LogP contribution in [-0.4, -0.2) is 55.9 Å². The molecular formula is C25H24BrNO9. The molecule has 1 aliphatic rings. The second kappa shape index (κ2) is 11.2. The maximum absolute atomic E-state index is 12.6. The van der Waals surface area contributed by atoms with Gasteiger partial charge in [-0.05, 0) is 22.0 Å². The fourth-order valence-electron chi connectivity index (χ4n) is 3.99. The van der Waals surface area contributed by atoms with Crippen LogP contribution in [0.4, 0.5) is 0 Å². The van der Waals surface area contributed by atoms with Crippen molar-refractivity contribution in [3.63, 3.8) is 0 Å². The minimum Gasteiger partial charge on any atom is -0.506 e. The van der Waals surface area contributed by atoms with E-state index >= 15 is 0 Å². The number of aromatic hydroxyl groups is 1. The van der Waals surface area contributed by atoms with Crippen molar-refractivity contribution in [3.8, 4) is 5.75 Å². The van der Waals surface area contributed by atoms with Crippen LogP contribution >= 0.6 is 15.9 Å². The summed E-state index contributed by atoms with van der Waals surface area (Å²) in [5.74, 6) is -1.39. The van der Waals surface area contributed by atoms with E-state index in [4.69, 9.17) is 23.4 Å². The van der Waals surface area contributed by atoms with Gasteiger partial charge in [-0.3, -0.25) is 14.5 Å². The van der Waals surface area contributed by atoms with Crippen LogP contribution in [0.1, 0.15) is 29.1 Å². The van der Waals surface area contributed by atoms with Gasteiger partial charge in [0.1, 0.15) is 17.4 Å². The number of hydrogen-bond donors (Lipinski definition) is 1. The molecule has 1 aromatic heterocycles. The van der Waals surface area contributed by atoms with Crippen molar-refractivity contribution in [2.24, 2.45) is 0 Å². The van der Waals surface area contributed by atoms with Gasteiger partial charge in [0.25, 0.3) is 0 Å². The molecule has 2 unspecified atom stereocenters. The molecule has 0 spiro atoms. The molecule has 4 rings (SSSR count). The van der Waals surface area contributed by atoms with E-state index in [1.165, 1.54) is 25.2 Å². The molecular weight excluding hydrogens is 538 g/mol. The number of carbonyl (C=O) groups excluding carboxylic acids is 2. The summed E-state index contributed by atoms with van der Waals surface area (Å²) in [6.07, 6.45) is -1.18. The first-order valence-electron chi connectivity index (χ1n) is 11.0. The first-order valence-corrected chi connectivity index (χ1v) is 11.8. The molecule has 2 atom stereocenters. The first kappa shape index (κ1) is 25.8. The molecule has 10 nitrogen and oxygen atoms in total. The molecule has 190 valence electrons. The first-order chi connectivity index (χ1) is 17.3. The van der Waals surface area contributed by atoms with Crippen LogP contribution in [-0.2, 0) is 35.1 Å². The third kappa shape index (κ3) is 5.59. The van der Waals surface area contributed by atoms with Gasteiger partial charge in [-0.2, -0.15) is 0 Å². The number of benzene rings is 2. The molecule has 1 fully saturated rings. The van der Waals surface area contributed by atoms with Gasteiger partial charge in [-0.1, -0.05) is 30.3 Å². The minimum atomic E-state index is -0.653. The summed E-state index contributed by atoms with van der Waals surface area (Å²) in [6, 6.07) is 12.4. The number of ether oxygens (including phenoxy) is 4. The molecule has 0 bridgehead atoms. The Morgan fingerprint density at radius 1 is 1.11 bits per heavy atom. The standard InChI is InChI=1S/C25H24BrNO9/c1-32-21(29)11-27(12-22(30)33-2)10-17-23(31)18(26)8-16-15(9-20(28)36-24(16)17)19-13-34-25(35-19)14-6-4-3-5-7-14/h3-9,19,25,31H,10-13H2,1-2H3. The maximum Gasteiger partial charge on any atom is 0.336 e. The average molecular weight is 562 g/mol. The highest BCUT2D eigenvalue weighted by atomic mass is 79.9. The molecule has 2 aromatic carbocycles. The molecule has 0 radical (unpaired) electrons. The summed E-state index contributed by atoms with van der Waals surface area (Å²) < 4.78 is 27.2. The number of rotatable bonds is 8. The third-order valence-corrected chi connectivity index (χ3v) is 6.34. The second-order valence-corrected chi connectivity index (χ2v) is 8.94. The number of carbonyl (C=O) groups is 2. The Labute approximate surface area is 214 Å². The lowest BCUT2D eigenvalue weighted by Crippen LogP contribution is -2.35. The highest BCUT2D eigenvalue weighted by Crippen LogP contribution is 2.41. The van der Waals surface area contributed by atoms with Crippen molar-refractivity contribution < 1.29 is 38.1 Å².